The highest BCUT2D eigenvalue weighted by Gasteiger charge is 2.48. The summed E-state index contributed by atoms with van der Waals surface area (Å²) in [6.45, 7) is 2.58. The van der Waals surface area contributed by atoms with E-state index in [1.54, 1.807) is 0 Å². The van der Waals surface area contributed by atoms with Crippen LogP contribution in [0.1, 0.15) is 58.3 Å². The maximum Gasteiger partial charge on any atom is 0.186 e. The Balaban J connectivity index is 1.66. The fourth-order valence-electron chi connectivity index (χ4n) is 3.24. The van der Waals surface area contributed by atoms with Crippen molar-refractivity contribution in [2.75, 3.05) is 13.7 Å². The Kier molecular flexibility index (Phi) is 8.23. The minimum absolute atomic E-state index is 0.323. The Bertz CT molecular complexity index is 324. The van der Waals surface area contributed by atoms with Crippen LogP contribution in [0, 0.1) is 0 Å². The van der Waals surface area contributed by atoms with Gasteiger partial charge in [0, 0.05) is 7.11 Å². The van der Waals surface area contributed by atoms with Crippen molar-refractivity contribution in [1.29, 1.82) is 0 Å². The fourth-order valence-corrected chi connectivity index (χ4v) is 3.24. The minimum atomic E-state index is -1.10. The largest absolute Gasteiger partial charge is 0.387 e. The highest BCUT2D eigenvalue weighted by Crippen LogP contribution is 2.30. The lowest BCUT2D eigenvalue weighted by Crippen LogP contribution is -2.63. The van der Waals surface area contributed by atoms with Gasteiger partial charge in [0.2, 0.25) is 0 Å². The molecule has 0 bridgehead atoms. The zero-order chi connectivity index (χ0) is 16.7. The van der Waals surface area contributed by atoms with Crippen molar-refractivity contribution in [3.05, 3.63) is 0 Å². The third-order valence-electron chi connectivity index (χ3n) is 4.67. The highest BCUT2D eigenvalue weighted by molar-refractivity contribution is 4.92. The SMILES string of the molecule is CCCCCCCCC[C@@H]1OC[C@H]2O[C@H](OC)[C@H](O)[C@@H](O)[C@@H]2O1. The fraction of sp³-hybridized carbons (Fsp3) is 1.00. The molecule has 2 heterocycles. The number of aliphatic hydroxyl groups is 2. The number of rotatable bonds is 9. The molecule has 23 heavy (non-hydrogen) atoms. The molecule has 0 unspecified atom stereocenters. The lowest BCUT2D eigenvalue weighted by atomic mass is 9.98. The Labute approximate surface area is 139 Å². The molecule has 2 rings (SSSR count). The van der Waals surface area contributed by atoms with Crippen LogP contribution < -0.4 is 0 Å². The van der Waals surface area contributed by atoms with Crippen LogP contribution in [-0.4, -0.2) is 60.9 Å². The molecule has 2 aliphatic rings. The molecule has 0 aromatic rings. The molecular formula is C17H32O6. The first-order chi connectivity index (χ1) is 11.2. The van der Waals surface area contributed by atoms with Crippen LogP contribution in [0.25, 0.3) is 0 Å². The third kappa shape index (κ3) is 5.37. The molecule has 2 N–H and O–H groups in total. The molecule has 0 amide bonds. The van der Waals surface area contributed by atoms with Gasteiger partial charge in [0.05, 0.1) is 6.61 Å². The number of methoxy groups -OCH3 is 1. The first kappa shape index (κ1) is 19.1. The Morgan fingerprint density at radius 2 is 1.65 bits per heavy atom. The summed E-state index contributed by atoms with van der Waals surface area (Å²) >= 11 is 0. The van der Waals surface area contributed by atoms with Gasteiger partial charge in [-0.2, -0.15) is 0 Å². The molecule has 136 valence electrons. The molecule has 0 aromatic carbocycles. The summed E-state index contributed by atoms with van der Waals surface area (Å²) in [7, 11) is 1.44. The van der Waals surface area contributed by atoms with Gasteiger partial charge in [-0.3, -0.25) is 0 Å². The smallest absolute Gasteiger partial charge is 0.186 e. The van der Waals surface area contributed by atoms with Gasteiger partial charge < -0.3 is 29.2 Å². The topological polar surface area (TPSA) is 77.4 Å². The quantitative estimate of drug-likeness (QED) is 0.629. The van der Waals surface area contributed by atoms with E-state index in [-0.39, 0.29) is 6.29 Å². The van der Waals surface area contributed by atoms with Gasteiger partial charge in [-0.15, -0.1) is 0 Å². The van der Waals surface area contributed by atoms with Crippen LogP contribution >= 0.6 is 0 Å². The number of hydrogen-bond acceptors (Lipinski definition) is 6. The summed E-state index contributed by atoms with van der Waals surface area (Å²) in [5, 5.41) is 20.2. The van der Waals surface area contributed by atoms with E-state index in [1.165, 1.54) is 45.6 Å². The molecule has 6 atom stereocenters. The van der Waals surface area contributed by atoms with Crippen molar-refractivity contribution in [3.63, 3.8) is 0 Å². The van der Waals surface area contributed by atoms with Crippen molar-refractivity contribution in [3.8, 4) is 0 Å². The van der Waals surface area contributed by atoms with Crippen molar-refractivity contribution >= 4 is 0 Å². The standard InChI is InChI=1S/C17H32O6/c1-3-4-5-6-7-8-9-10-13-21-11-12-16(23-13)14(18)15(19)17(20-2)22-12/h12-19H,3-11H2,1-2H3/t12-,13-,14-,15-,16-,17+/m1/s1. The van der Waals surface area contributed by atoms with E-state index < -0.39 is 30.7 Å². The van der Waals surface area contributed by atoms with Crippen LogP contribution in [0.2, 0.25) is 0 Å². The molecule has 6 nitrogen and oxygen atoms in total. The lowest BCUT2D eigenvalue weighted by Gasteiger charge is -2.45. The second-order valence-electron chi connectivity index (χ2n) is 6.53. The minimum Gasteiger partial charge on any atom is -0.387 e. The molecule has 0 saturated carbocycles. The first-order valence-electron chi connectivity index (χ1n) is 8.98. The van der Waals surface area contributed by atoms with Gasteiger partial charge >= 0.3 is 0 Å². The summed E-state index contributed by atoms with van der Waals surface area (Å²) in [4.78, 5) is 0. The predicted octanol–water partition coefficient (Wildman–Crippen LogP) is 1.96. The highest BCUT2D eigenvalue weighted by atomic mass is 16.7. The van der Waals surface area contributed by atoms with Crippen LogP contribution in [0.3, 0.4) is 0 Å². The van der Waals surface area contributed by atoms with Gasteiger partial charge in [0.1, 0.15) is 24.4 Å². The van der Waals surface area contributed by atoms with Crippen molar-refractivity contribution < 1.29 is 29.2 Å². The average molecular weight is 332 g/mol. The molecular weight excluding hydrogens is 300 g/mol. The van der Waals surface area contributed by atoms with Gasteiger partial charge in [-0.05, 0) is 12.8 Å². The number of aliphatic hydroxyl groups excluding tert-OH is 2. The maximum atomic E-state index is 10.2. The number of ether oxygens (including phenoxy) is 4. The molecule has 2 aliphatic heterocycles. The molecule has 2 saturated heterocycles. The van der Waals surface area contributed by atoms with Gasteiger partial charge in [-0.25, -0.2) is 0 Å². The van der Waals surface area contributed by atoms with Gasteiger partial charge in [0.15, 0.2) is 12.6 Å². The van der Waals surface area contributed by atoms with E-state index in [0.29, 0.717) is 6.61 Å². The summed E-state index contributed by atoms with van der Waals surface area (Å²) in [6.07, 6.45) is 5.26. The lowest BCUT2D eigenvalue weighted by molar-refractivity contribution is -0.356. The zero-order valence-corrected chi connectivity index (χ0v) is 14.4. The zero-order valence-electron chi connectivity index (χ0n) is 14.4. The predicted molar refractivity (Wildman–Crippen MR) is 84.9 cm³/mol. The Morgan fingerprint density at radius 3 is 2.35 bits per heavy atom. The molecule has 0 spiro atoms. The molecule has 0 aliphatic carbocycles. The third-order valence-corrected chi connectivity index (χ3v) is 4.67. The van der Waals surface area contributed by atoms with Crippen molar-refractivity contribution in [2.24, 2.45) is 0 Å². The average Bonchev–Trinajstić information content (AvgIpc) is 2.57. The Morgan fingerprint density at radius 1 is 0.957 bits per heavy atom. The molecule has 2 fully saturated rings. The second-order valence-corrected chi connectivity index (χ2v) is 6.53. The van der Waals surface area contributed by atoms with E-state index >= 15 is 0 Å². The number of hydrogen-bond donors (Lipinski definition) is 2. The first-order valence-corrected chi connectivity index (χ1v) is 8.98. The van der Waals surface area contributed by atoms with Crippen molar-refractivity contribution in [1.82, 2.24) is 0 Å². The normalized spacial score (nSPS) is 37.6. The summed E-state index contributed by atoms with van der Waals surface area (Å²) in [6, 6.07) is 0. The van der Waals surface area contributed by atoms with E-state index in [2.05, 4.69) is 6.92 Å². The van der Waals surface area contributed by atoms with Gasteiger partial charge in [0.25, 0.3) is 0 Å². The monoisotopic (exact) mass is 332 g/mol. The van der Waals surface area contributed by atoms with E-state index in [1.807, 2.05) is 0 Å². The molecule has 6 heteroatoms. The van der Waals surface area contributed by atoms with E-state index in [0.717, 1.165) is 12.8 Å². The summed E-state index contributed by atoms with van der Waals surface area (Å²) in [5.41, 5.74) is 0. The van der Waals surface area contributed by atoms with Gasteiger partial charge in [-0.1, -0.05) is 45.4 Å². The van der Waals surface area contributed by atoms with Crippen LogP contribution in [0.5, 0.6) is 0 Å². The number of fused-ring (bicyclic) bond motifs is 1. The number of unbranched alkanes of at least 4 members (excludes halogenated alkanes) is 6. The maximum absolute atomic E-state index is 10.2. The van der Waals surface area contributed by atoms with E-state index in [4.69, 9.17) is 18.9 Å². The van der Waals surface area contributed by atoms with E-state index in [9.17, 15) is 10.2 Å². The van der Waals surface area contributed by atoms with Crippen LogP contribution in [0.15, 0.2) is 0 Å². The molecule has 0 aromatic heterocycles. The Hall–Kier alpha value is -0.240. The summed E-state index contributed by atoms with van der Waals surface area (Å²) < 4.78 is 22.1. The molecule has 0 radical (unpaired) electrons. The van der Waals surface area contributed by atoms with Crippen LogP contribution in [-0.2, 0) is 18.9 Å². The summed E-state index contributed by atoms with van der Waals surface area (Å²) in [5.74, 6) is 0. The van der Waals surface area contributed by atoms with Crippen molar-refractivity contribution in [2.45, 2.75) is 95.3 Å². The van der Waals surface area contributed by atoms with Crippen LogP contribution in [0.4, 0.5) is 0 Å². The second kappa shape index (κ2) is 9.91.